The molecule has 1 aliphatic carbocycles. The summed E-state index contributed by atoms with van der Waals surface area (Å²) in [7, 11) is 0. The standard InChI is InChI=1S/C19H20ClNO2/c20-17-9-4-8-16(12-17)13-19(10-5-11-19)21-18(22)23-14-15-6-2-1-3-7-15/h1-4,6-9,12H,5,10-11,13-14H2,(H,21,22). The van der Waals surface area contributed by atoms with Crippen LogP contribution in [-0.4, -0.2) is 11.6 Å². The monoisotopic (exact) mass is 329 g/mol. The van der Waals surface area contributed by atoms with Crippen LogP contribution in [0.25, 0.3) is 0 Å². The molecule has 0 aliphatic heterocycles. The normalized spacial score (nSPS) is 15.5. The van der Waals surface area contributed by atoms with Crippen molar-refractivity contribution in [2.45, 2.75) is 37.8 Å². The van der Waals surface area contributed by atoms with E-state index in [1.54, 1.807) is 0 Å². The Morgan fingerprint density at radius 1 is 1.09 bits per heavy atom. The minimum atomic E-state index is -0.351. The van der Waals surface area contributed by atoms with Crippen LogP contribution in [0.2, 0.25) is 5.02 Å². The summed E-state index contributed by atoms with van der Waals surface area (Å²) in [5, 5.41) is 3.79. The van der Waals surface area contributed by atoms with Gasteiger partial charge >= 0.3 is 6.09 Å². The number of carbonyl (C=O) groups is 1. The quantitative estimate of drug-likeness (QED) is 0.861. The maximum absolute atomic E-state index is 12.1. The average Bonchev–Trinajstić information content (AvgIpc) is 2.52. The molecule has 0 unspecified atom stereocenters. The van der Waals surface area contributed by atoms with Crippen molar-refractivity contribution in [1.82, 2.24) is 5.32 Å². The second-order valence-corrected chi connectivity index (χ2v) is 6.56. The molecule has 1 amide bonds. The van der Waals surface area contributed by atoms with Gasteiger partial charge in [-0.15, -0.1) is 0 Å². The molecule has 1 N–H and O–H groups in total. The number of rotatable bonds is 5. The Labute approximate surface area is 141 Å². The van der Waals surface area contributed by atoms with E-state index in [2.05, 4.69) is 5.32 Å². The molecule has 23 heavy (non-hydrogen) atoms. The number of alkyl carbamates (subject to hydrolysis) is 1. The first-order valence-corrected chi connectivity index (χ1v) is 8.26. The van der Waals surface area contributed by atoms with Crippen LogP contribution in [0.1, 0.15) is 30.4 Å². The van der Waals surface area contributed by atoms with Crippen LogP contribution in [0.15, 0.2) is 54.6 Å². The van der Waals surface area contributed by atoms with Gasteiger partial charge in [-0.3, -0.25) is 0 Å². The largest absolute Gasteiger partial charge is 0.445 e. The molecule has 0 heterocycles. The fourth-order valence-corrected chi connectivity index (χ4v) is 3.18. The molecule has 3 nitrogen and oxygen atoms in total. The molecule has 3 rings (SSSR count). The lowest BCUT2D eigenvalue weighted by atomic mass is 9.73. The van der Waals surface area contributed by atoms with E-state index in [9.17, 15) is 4.79 Å². The first-order valence-electron chi connectivity index (χ1n) is 7.89. The van der Waals surface area contributed by atoms with E-state index in [1.807, 2.05) is 54.6 Å². The molecular weight excluding hydrogens is 310 g/mol. The zero-order chi connectivity index (χ0) is 16.1. The minimum Gasteiger partial charge on any atom is -0.445 e. The topological polar surface area (TPSA) is 38.3 Å². The number of halogens is 1. The number of benzene rings is 2. The van der Waals surface area contributed by atoms with Crippen molar-refractivity contribution in [3.05, 3.63) is 70.7 Å². The van der Waals surface area contributed by atoms with Crippen LogP contribution >= 0.6 is 11.6 Å². The van der Waals surface area contributed by atoms with E-state index in [4.69, 9.17) is 16.3 Å². The van der Waals surface area contributed by atoms with Crippen molar-refractivity contribution >= 4 is 17.7 Å². The fraction of sp³-hybridized carbons (Fsp3) is 0.316. The van der Waals surface area contributed by atoms with Crippen LogP contribution in [0.3, 0.4) is 0 Å². The molecule has 2 aromatic rings. The predicted octanol–water partition coefficient (Wildman–Crippen LogP) is 4.73. The van der Waals surface area contributed by atoms with Crippen LogP contribution in [0, 0.1) is 0 Å². The number of carbonyl (C=O) groups excluding carboxylic acids is 1. The zero-order valence-corrected chi connectivity index (χ0v) is 13.7. The van der Waals surface area contributed by atoms with E-state index in [0.29, 0.717) is 6.61 Å². The number of ether oxygens (including phenoxy) is 1. The third-order valence-corrected chi connectivity index (χ3v) is 4.56. The molecule has 1 aliphatic rings. The van der Waals surface area contributed by atoms with E-state index in [0.717, 1.165) is 41.8 Å². The van der Waals surface area contributed by atoms with Crippen molar-refractivity contribution < 1.29 is 9.53 Å². The van der Waals surface area contributed by atoms with E-state index in [1.165, 1.54) is 0 Å². The fourth-order valence-electron chi connectivity index (χ4n) is 2.96. The highest BCUT2D eigenvalue weighted by atomic mass is 35.5. The lowest BCUT2D eigenvalue weighted by Crippen LogP contribution is -2.55. The maximum atomic E-state index is 12.1. The Hall–Kier alpha value is -2.00. The molecule has 0 saturated heterocycles. The summed E-state index contributed by atoms with van der Waals surface area (Å²) in [5.74, 6) is 0. The van der Waals surface area contributed by atoms with E-state index in [-0.39, 0.29) is 11.6 Å². The van der Waals surface area contributed by atoms with Crippen LogP contribution in [-0.2, 0) is 17.8 Å². The van der Waals surface area contributed by atoms with Crippen molar-refractivity contribution in [3.63, 3.8) is 0 Å². The third-order valence-electron chi connectivity index (χ3n) is 4.32. The Balaban J connectivity index is 1.57. The van der Waals surface area contributed by atoms with Crippen LogP contribution < -0.4 is 5.32 Å². The summed E-state index contributed by atoms with van der Waals surface area (Å²) in [4.78, 5) is 12.1. The Morgan fingerprint density at radius 2 is 1.83 bits per heavy atom. The van der Waals surface area contributed by atoms with Gasteiger partial charge in [-0.2, -0.15) is 0 Å². The summed E-state index contributed by atoms with van der Waals surface area (Å²) < 4.78 is 5.34. The second kappa shape index (κ2) is 7.05. The first kappa shape index (κ1) is 15.9. The van der Waals surface area contributed by atoms with Gasteiger partial charge in [-0.1, -0.05) is 54.1 Å². The summed E-state index contributed by atoms with van der Waals surface area (Å²) >= 11 is 6.05. The second-order valence-electron chi connectivity index (χ2n) is 6.13. The Morgan fingerprint density at radius 3 is 2.48 bits per heavy atom. The molecular formula is C19H20ClNO2. The van der Waals surface area contributed by atoms with Gasteiger partial charge in [0, 0.05) is 10.6 Å². The molecule has 120 valence electrons. The number of amides is 1. The number of nitrogens with one attached hydrogen (secondary N) is 1. The molecule has 0 spiro atoms. The van der Waals surface area contributed by atoms with Gasteiger partial charge in [-0.05, 0) is 48.9 Å². The molecule has 0 bridgehead atoms. The Kier molecular flexibility index (Phi) is 4.87. The summed E-state index contributed by atoms with van der Waals surface area (Å²) in [5.41, 5.74) is 1.93. The summed E-state index contributed by atoms with van der Waals surface area (Å²) in [6, 6.07) is 17.5. The molecule has 0 aromatic heterocycles. The van der Waals surface area contributed by atoms with Crippen LogP contribution in [0.5, 0.6) is 0 Å². The Bertz CT molecular complexity index is 668. The highest BCUT2D eigenvalue weighted by Gasteiger charge is 2.38. The molecule has 0 atom stereocenters. The van der Waals surface area contributed by atoms with Gasteiger partial charge in [0.05, 0.1) is 0 Å². The first-order chi connectivity index (χ1) is 11.2. The van der Waals surface area contributed by atoms with Gasteiger partial charge in [0.15, 0.2) is 0 Å². The maximum Gasteiger partial charge on any atom is 0.407 e. The average molecular weight is 330 g/mol. The predicted molar refractivity (Wildman–Crippen MR) is 91.5 cm³/mol. The molecule has 2 aromatic carbocycles. The summed E-state index contributed by atoms with van der Waals surface area (Å²) in [6.45, 7) is 0.292. The van der Waals surface area contributed by atoms with E-state index >= 15 is 0 Å². The molecule has 0 radical (unpaired) electrons. The molecule has 4 heteroatoms. The van der Waals surface area contributed by atoms with Crippen molar-refractivity contribution in [2.75, 3.05) is 0 Å². The van der Waals surface area contributed by atoms with Crippen molar-refractivity contribution in [1.29, 1.82) is 0 Å². The minimum absolute atomic E-state index is 0.196. The van der Waals surface area contributed by atoms with Gasteiger partial charge in [0.2, 0.25) is 0 Å². The lowest BCUT2D eigenvalue weighted by molar-refractivity contribution is 0.106. The smallest absolute Gasteiger partial charge is 0.407 e. The zero-order valence-electron chi connectivity index (χ0n) is 12.9. The SMILES string of the molecule is O=C(NC1(Cc2cccc(Cl)c2)CCC1)OCc1ccccc1. The molecule has 1 fully saturated rings. The van der Waals surface area contributed by atoms with E-state index < -0.39 is 0 Å². The highest BCUT2D eigenvalue weighted by Crippen LogP contribution is 2.35. The van der Waals surface area contributed by atoms with Gasteiger partial charge < -0.3 is 10.1 Å². The summed E-state index contributed by atoms with van der Waals surface area (Å²) in [6.07, 6.45) is 3.50. The van der Waals surface area contributed by atoms with Gasteiger partial charge in [-0.25, -0.2) is 4.79 Å². The third kappa shape index (κ3) is 4.26. The van der Waals surface area contributed by atoms with Crippen molar-refractivity contribution in [3.8, 4) is 0 Å². The van der Waals surface area contributed by atoms with Gasteiger partial charge in [0.1, 0.15) is 6.61 Å². The van der Waals surface area contributed by atoms with Gasteiger partial charge in [0.25, 0.3) is 0 Å². The number of hydrogen-bond donors (Lipinski definition) is 1. The number of hydrogen-bond acceptors (Lipinski definition) is 2. The van der Waals surface area contributed by atoms with Crippen molar-refractivity contribution in [2.24, 2.45) is 0 Å². The molecule has 1 saturated carbocycles. The highest BCUT2D eigenvalue weighted by molar-refractivity contribution is 6.30. The van der Waals surface area contributed by atoms with Crippen LogP contribution in [0.4, 0.5) is 4.79 Å². The lowest BCUT2D eigenvalue weighted by Gasteiger charge is -2.42.